The van der Waals surface area contributed by atoms with Gasteiger partial charge in [-0.1, -0.05) is 0 Å². The van der Waals surface area contributed by atoms with E-state index in [2.05, 4.69) is 4.90 Å². The molecule has 4 rings (SSSR count). The molecule has 4 fully saturated rings. The maximum Gasteiger partial charge on any atom is 0.517 e. The molecule has 4 atom stereocenters. The van der Waals surface area contributed by atoms with Crippen LogP contribution in [0.3, 0.4) is 0 Å². The third-order valence-electron chi connectivity index (χ3n) is 4.49. The minimum absolute atomic E-state index is 0.0489. The van der Waals surface area contributed by atoms with Crippen molar-refractivity contribution in [3.63, 3.8) is 0 Å². The third kappa shape index (κ3) is 3.10. The van der Waals surface area contributed by atoms with Crippen molar-refractivity contribution >= 4 is 8.80 Å². The predicted molar refractivity (Wildman–Crippen MR) is 75.3 cm³/mol. The van der Waals surface area contributed by atoms with E-state index >= 15 is 0 Å². The van der Waals surface area contributed by atoms with Gasteiger partial charge >= 0.3 is 8.80 Å². The first-order valence-electron chi connectivity index (χ1n) is 7.91. The summed E-state index contributed by atoms with van der Waals surface area (Å²) in [5.41, 5.74) is 0. The molecule has 1 N–H and O–H groups in total. The van der Waals surface area contributed by atoms with E-state index in [4.69, 9.17) is 27.5 Å². The van der Waals surface area contributed by atoms with Gasteiger partial charge in [0.25, 0.3) is 0 Å². The molecule has 0 bridgehead atoms. The maximum absolute atomic E-state index is 9.98. The lowest BCUT2D eigenvalue weighted by atomic mass is 10.3. The van der Waals surface area contributed by atoms with Crippen LogP contribution < -0.4 is 0 Å². The van der Waals surface area contributed by atoms with Crippen molar-refractivity contribution in [3.8, 4) is 0 Å². The monoisotopic (exact) mass is 333 g/mol. The van der Waals surface area contributed by atoms with Gasteiger partial charge in [-0.25, -0.2) is 0 Å². The van der Waals surface area contributed by atoms with E-state index in [1.807, 2.05) is 0 Å². The summed E-state index contributed by atoms with van der Waals surface area (Å²) in [6, 6.07) is 0. The smallest absolute Gasteiger partial charge is 0.388 e. The summed E-state index contributed by atoms with van der Waals surface area (Å²) in [6.45, 7) is 4.93. The van der Waals surface area contributed by atoms with Gasteiger partial charge in [-0.15, -0.1) is 0 Å². The van der Waals surface area contributed by atoms with Crippen molar-refractivity contribution in [2.75, 3.05) is 58.9 Å². The van der Waals surface area contributed by atoms with Gasteiger partial charge in [-0.3, -0.25) is 4.90 Å². The SMILES string of the molecule is OC1COCC1O[Si]1(CN2CCOCC2)OC2COCC2O1. The van der Waals surface area contributed by atoms with Gasteiger partial charge in [0.2, 0.25) is 0 Å². The van der Waals surface area contributed by atoms with Gasteiger partial charge in [-0.2, -0.15) is 0 Å². The fraction of sp³-hybridized carbons (Fsp3) is 1.00. The van der Waals surface area contributed by atoms with E-state index in [1.165, 1.54) is 0 Å². The lowest BCUT2D eigenvalue weighted by Gasteiger charge is -2.34. The Balaban J connectivity index is 1.46. The molecule has 4 aliphatic heterocycles. The molecular weight excluding hydrogens is 310 g/mol. The van der Waals surface area contributed by atoms with Crippen LogP contribution in [0.1, 0.15) is 0 Å². The Labute approximate surface area is 130 Å². The van der Waals surface area contributed by atoms with Crippen molar-refractivity contribution in [1.29, 1.82) is 0 Å². The van der Waals surface area contributed by atoms with Crippen LogP contribution in [0.25, 0.3) is 0 Å². The zero-order chi connectivity index (χ0) is 15.0. The zero-order valence-corrected chi connectivity index (χ0v) is 13.5. The minimum Gasteiger partial charge on any atom is -0.388 e. The zero-order valence-electron chi connectivity index (χ0n) is 12.5. The standard InChI is InChI=1S/C13H23NO7Si/c15-10-5-17-6-11(10)19-22(9-14-1-3-16-4-2-14)20-12-7-18-8-13(12)21-22/h10-13,15H,1-9H2. The Morgan fingerprint density at radius 2 is 1.64 bits per heavy atom. The Morgan fingerprint density at radius 3 is 2.27 bits per heavy atom. The lowest BCUT2D eigenvalue weighted by Crippen LogP contribution is -2.57. The van der Waals surface area contributed by atoms with Crippen LogP contribution >= 0.6 is 0 Å². The van der Waals surface area contributed by atoms with Crippen molar-refractivity contribution in [2.45, 2.75) is 24.4 Å². The number of hydrogen-bond donors (Lipinski definition) is 1. The fourth-order valence-electron chi connectivity index (χ4n) is 3.29. The number of morpholine rings is 1. The molecule has 0 saturated carbocycles. The quantitative estimate of drug-likeness (QED) is 0.616. The Kier molecular flexibility index (Phi) is 4.50. The Hall–Kier alpha value is -0.103. The molecule has 0 aromatic carbocycles. The second-order valence-corrected chi connectivity index (χ2v) is 8.57. The lowest BCUT2D eigenvalue weighted by molar-refractivity contribution is -0.0126. The minimum atomic E-state index is -2.87. The summed E-state index contributed by atoms with van der Waals surface area (Å²) < 4.78 is 34.7. The number of aliphatic hydroxyl groups excluding tert-OH is 1. The van der Waals surface area contributed by atoms with Crippen LogP contribution in [0.4, 0.5) is 0 Å². The molecule has 8 nitrogen and oxygen atoms in total. The van der Waals surface area contributed by atoms with Gasteiger partial charge in [0, 0.05) is 13.1 Å². The first-order valence-corrected chi connectivity index (χ1v) is 9.84. The molecule has 0 aromatic rings. The van der Waals surface area contributed by atoms with Gasteiger partial charge in [-0.05, 0) is 0 Å². The number of aliphatic hydroxyl groups is 1. The van der Waals surface area contributed by atoms with E-state index in [-0.39, 0.29) is 18.3 Å². The second kappa shape index (κ2) is 6.42. The topological polar surface area (TPSA) is 78.9 Å². The number of nitrogens with zero attached hydrogens (tertiary/aromatic N) is 1. The number of fused-ring (bicyclic) bond motifs is 1. The predicted octanol–water partition coefficient (Wildman–Crippen LogP) is -1.61. The fourth-order valence-corrected chi connectivity index (χ4v) is 6.59. The highest BCUT2D eigenvalue weighted by atomic mass is 28.4. The first kappa shape index (κ1) is 15.4. The Bertz CT molecular complexity index is 383. The van der Waals surface area contributed by atoms with E-state index in [1.54, 1.807) is 0 Å². The molecular formula is C13H23NO7Si. The molecule has 0 aliphatic carbocycles. The molecule has 4 saturated heterocycles. The highest BCUT2D eigenvalue weighted by Crippen LogP contribution is 2.33. The summed E-state index contributed by atoms with van der Waals surface area (Å²) >= 11 is 0. The average Bonchev–Trinajstić information content (AvgIpc) is 3.17. The molecule has 4 aliphatic rings. The average molecular weight is 333 g/mol. The molecule has 126 valence electrons. The first-order chi connectivity index (χ1) is 10.7. The number of rotatable bonds is 4. The van der Waals surface area contributed by atoms with E-state index in [0.717, 1.165) is 26.3 Å². The van der Waals surface area contributed by atoms with Crippen molar-refractivity contribution in [2.24, 2.45) is 0 Å². The summed E-state index contributed by atoms with van der Waals surface area (Å²) in [5, 5.41) is 9.98. The molecule has 22 heavy (non-hydrogen) atoms. The van der Waals surface area contributed by atoms with Crippen LogP contribution in [-0.2, 0) is 27.5 Å². The van der Waals surface area contributed by atoms with Gasteiger partial charge < -0.3 is 32.6 Å². The van der Waals surface area contributed by atoms with Gasteiger partial charge in [0.15, 0.2) is 0 Å². The summed E-state index contributed by atoms with van der Waals surface area (Å²) in [7, 11) is -2.87. The molecule has 4 unspecified atom stereocenters. The van der Waals surface area contributed by atoms with Crippen molar-refractivity contribution in [3.05, 3.63) is 0 Å². The van der Waals surface area contributed by atoms with Crippen molar-refractivity contribution in [1.82, 2.24) is 4.90 Å². The van der Waals surface area contributed by atoms with Gasteiger partial charge in [0.1, 0.15) is 24.4 Å². The molecule has 0 aromatic heterocycles. The third-order valence-corrected chi connectivity index (χ3v) is 7.31. The van der Waals surface area contributed by atoms with Crippen molar-refractivity contribution < 1.29 is 32.6 Å². The Morgan fingerprint density at radius 1 is 0.955 bits per heavy atom. The van der Waals surface area contributed by atoms with E-state index in [9.17, 15) is 5.11 Å². The second-order valence-electron chi connectivity index (χ2n) is 6.18. The van der Waals surface area contributed by atoms with Crippen LogP contribution in [0.15, 0.2) is 0 Å². The molecule has 0 amide bonds. The summed E-state index contributed by atoms with van der Waals surface area (Å²) in [4.78, 5) is 2.26. The van der Waals surface area contributed by atoms with E-state index in [0.29, 0.717) is 32.6 Å². The van der Waals surface area contributed by atoms with Crippen LogP contribution in [0.2, 0.25) is 0 Å². The maximum atomic E-state index is 9.98. The van der Waals surface area contributed by atoms with Crippen LogP contribution in [0.5, 0.6) is 0 Å². The highest BCUT2D eigenvalue weighted by molar-refractivity contribution is 6.61. The number of hydrogen-bond acceptors (Lipinski definition) is 8. The molecule has 0 spiro atoms. The molecule has 0 radical (unpaired) electrons. The summed E-state index contributed by atoms with van der Waals surface area (Å²) in [5.74, 6) is 0. The molecule has 4 heterocycles. The van der Waals surface area contributed by atoms with Crippen LogP contribution in [-0.4, -0.2) is 102 Å². The molecule has 9 heteroatoms. The van der Waals surface area contributed by atoms with Gasteiger partial charge in [0.05, 0.1) is 45.8 Å². The number of ether oxygens (including phenoxy) is 3. The normalized spacial score (nSPS) is 46.2. The summed E-state index contributed by atoms with van der Waals surface area (Å²) in [6.07, 6.45) is -0.447. The highest BCUT2D eigenvalue weighted by Gasteiger charge is 2.58. The largest absolute Gasteiger partial charge is 0.517 e. The van der Waals surface area contributed by atoms with Crippen LogP contribution in [0, 0.1) is 0 Å². The van der Waals surface area contributed by atoms with E-state index < -0.39 is 14.9 Å².